The average Bonchev–Trinajstić information content (AvgIpc) is 3.13. The van der Waals surface area contributed by atoms with Crippen molar-refractivity contribution in [2.75, 3.05) is 19.0 Å². The number of carbonyl (C=O) groups is 3. The van der Waals surface area contributed by atoms with E-state index in [1.807, 2.05) is 56.3 Å². The molecule has 0 aliphatic carbocycles. The van der Waals surface area contributed by atoms with Crippen molar-refractivity contribution >= 4 is 40.6 Å². The molecule has 0 atom stereocenters. The van der Waals surface area contributed by atoms with Gasteiger partial charge in [-0.1, -0.05) is 48.5 Å². The van der Waals surface area contributed by atoms with Crippen molar-refractivity contribution in [2.24, 2.45) is 0 Å². The molecule has 0 saturated carbocycles. The van der Waals surface area contributed by atoms with Crippen molar-refractivity contribution < 1.29 is 23.9 Å². The van der Waals surface area contributed by atoms with E-state index in [2.05, 4.69) is 5.32 Å². The first-order chi connectivity index (χ1) is 17.4. The third-order valence-electron chi connectivity index (χ3n) is 5.78. The third-order valence-corrected chi connectivity index (χ3v) is 6.68. The summed E-state index contributed by atoms with van der Waals surface area (Å²) in [5.41, 5.74) is 4.33. The van der Waals surface area contributed by atoms with E-state index < -0.39 is 17.1 Å². The summed E-state index contributed by atoms with van der Waals surface area (Å²) >= 11 is 0.802. The number of methoxy groups -OCH3 is 1. The summed E-state index contributed by atoms with van der Waals surface area (Å²) in [6.07, 6.45) is 1.61. The van der Waals surface area contributed by atoms with Crippen LogP contribution in [0.5, 0.6) is 11.5 Å². The lowest BCUT2D eigenvalue weighted by Gasteiger charge is -2.14. The molecule has 0 radical (unpaired) electrons. The number of hydrogen-bond donors (Lipinski definition) is 1. The maximum Gasteiger partial charge on any atom is 0.294 e. The molecular weight excluding hydrogens is 476 g/mol. The van der Waals surface area contributed by atoms with Crippen molar-refractivity contribution in [1.82, 2.24) is 4.90 Å². The van der Waals surface area contributed by atoms with Crippen molar-refractivity contribution in [2.45, 2.75) is 20.5 Å². The molecule has 1 heterocycles. The molecule has 0 spiro atoms. The molecule has 1 aliphatic heterocycles. The average molecular weight is 503 g/mol. The van der Waals surface area contributed by atoms with E-state index in [0.717, 1.165) is 33.4 Å². The van der Waals surface area contributed by atoms with Gasteiger partial charge in [0.25, 0.3) is 11.1 Å². The Kier molecular flexibility index (Phi) is 7.75. The first-order valence-electron chi connectivity index (χ1n) is 11.3. The van der Waals surface area contributed by atoms with Gasteiger partial charge in [0.2, 0.25) is 5.91 Å². The number of benzene rings is 3. The second-order valence-corrected chi connectivity index (χ2v) is 9.24. The van der Waals surface area contributed by atoms with Gasteiger partial charge >= 0.3 is 0 Å². The molecule has 0 unspecified atom stereocenters. The molecule has 1 fully saturated rings. The van der Waals surface area contributed by atoms with E-state index in [1.54, 1.807) is 30.3 Å². The largest absolute Gasteiger partial charge is 0.493 e. The fraction of sp³-hybridized carbons (Fsp3) is 0.179. The lowest BCUT2D eigenvalue weighted by atomic mass is 10.1. The minimum Gasteiger partial charge on any atom is -0.493 e. The summed E-state index contributed by atoms with van der Waals surface area (Å²) in [6, 6.07) is 20.6. The monoisotopic (exact) mass is 502 g/mol. The van der Waals surface area contributed by atoms with E-state index in [0.29, 0.717) is 29.4 Å². The minimum absolute atomic E-state index is 0.236. The third kappa shape index (κ3) is 5.78. The smallest absolute Gasteiger partial charge is 0.294 e. The van der Waals surface area contributed by atoms with E-state index >= 15 is 0 Å². The summed E-state index contributed by atoms with van der Waals surface area (Å²) in [5.74, 6) is 0.125. The van der Waals surface area contributed by atoms with Crippen molar-refractivity contribution in [3.63, 3.8) is 0 Å². The first-order valence-corrected chi connectivity index (χ1v) is 12.1. The Labute approximate surface area is 214 Å². The van der Waals surface area contributed by atoms with E-state index in [1.165, 1.54) is 7.11 Å². The van der Waals surface area contributed by atoms with Crippen molar-refractivity contribution in [1.29, 1.82) is 0 Å². The van der Waals surface area contributed by atoms with Crippen LogP contribution < -0.4 is 14.8 Å². The van der Waals surface area contributed by atoms with Gasteiger partial charge in [0, 0.05) is 5.69 Å². The lowest BCUT2D eigenvalue weighted by Crippen LogP contribution is -2.36. The number of nitrogens with one attached hydrogen (secondary N) is 1. The Morgan fingerprint density at radius 3 is 2.53 bits per heavy atom. The van der Waals surface area contributed by atoms with Crippen LogP contribution in [0.3, 0.4) is 0 Å². The molecule has 0 bridgehead atoms. The highest BCUT2D eigenvalue weighted by Gasteiger charge is 2.36. The van der Waals surface area contributed by atoms with Crippen LogP contribution in [0.15, 0.2) is 71.6 Å². The second-order valence-electron chi connectivity index (χ2n) is 8.25. The Hall–Kier alpha value is -4.04. The van der Waals surface area contributed by atoms with Crippen LogP contribution in [0, 0.1) is 13.8 Å². The molecule has 1 saturated heterocycles. The lowest BCUT2D eigenvalue weighted by molar-refractivity contribution is -0.127. The molecule has 8 heteroatoms. The molecule has 1 N–H and O–H groups in total. The number of thioether (sulfide) groups is 1. The van der Waals surface area contributed by atoms with Gasteiger partial charge in [0.1, 0.15) is 13.2 Å². The minimum atomic E-state index is -0.510. The summed E-state index contributed by atoms with van der Waals surface area (Å²) in [4.78, 5) is 39.1. The number of amides is 3. The van der Waals surface area contributed by atoms with E-state index in [9.17, 15) is 14.4 Å². The maximum absolute atomic E-state index is 12.9. The molecule has 0 aromatic heterocycles. The zero-order chi connectivity index (χ0) is 25.7. The molecule has 1 aliphatic rings. The topological polar surface area (TPSA) is 84.9 Å². The second kappa shape index (κ2) is 11.1. The van der Waals surface area contributed by atoms with Gasteiger partial charge in [0.05, 0.1) is 12.0 Å². The summed E-state index contributed by atoms with van der Waals surface area (Å²) < 4.78 is 11.3. The van der Waals surface area contributed by atoms with Crippen LogP contribution in [-0.4, -0.2) is 35.6 Å². The molecule has 3 amide bonds. The summed E-state index contributed by atoms with van der Waals surface area (Å²) in [5, 5.41) is 2.30. The number of anilines is 1. The number of hydrogen-bond acceptors (Lipinski definition) is 6. The highest BCUT2D eigenvalue weighted by atomic mass is 32.2. The van der Waals surface area contributed by atoms with Gasteiger partial charge in [-0.25, -0.2) is 0 Å². The Bertz CT molecular complexity index is 1340. The van der Waals surface area contributed by atoms with Crippen LogP contribution in [0.2, 0.25) is 0 Å². The SMILES string of the molecule is COc1cc(/C=C2/SC(=O)N(CC(=O)Nc3cccc(C)c3C)C2=O)ccc1OCc1ccccc1. The molecule has 184 valence electrons. The van der Waals surface area contributed by atoms with Crippen molar-refractivity contribution in [3.05, 3.63) is 93.9 Å². The molecule has 4 rings (SSSR count). The normalized spacial score (nSPS) is 14.3. The molecule has 3 aromatic rings. The van der Waals surface area contributed by atoms with Gasteiger partial charge in [-0.3, -0.25) is 19.3 Å². The zero-order valence-corrected chi connectivity index (χ0v) is 21.1. The highest BCUT2D eigenvalue weighted by Crippen LogP contribution is 2.35. The van der Waals surface area contributed by atoms with Crippen LogP contribution in [0.4, 0.5) is 10.5 Å². The maximum atomic E-state index is 12.9. The number of aryl methyl sites for hydroxylation is 1. The van der Waals surface area contributed by atoms with Gasteiger partial charge in [-0.05, 0) is 72.1 Å². The molecule has 7 nitrogen and oxygen atoms in total. The fourth-order valence-corrected chi connectivity index (χ4v) is 4.47. The zero-order valence-electron chi connectivity index (χ0n) is 20.2. The summed E-state index contributed by atoms with van der Waals surface area (Å²) in [6.45, 7) is 3.88. The van der Waals surface area contributed by atoms with E-state index in [-0.39, 0.29) is 11.4 Å². The quantitative estimate of drug-likeness (QED) is 0.406. The number of nitrogens with zero attached hydrogens (tertiary/aromatic N) is 1. The highest BCUT2D eigenvalue weighted by molar-refractivity contribution is 8.18. The number of rotatable bonds is 8. The number of carbonyl (C=O) groups excluding carboxylic acids is 3. The first kappa shape index (κ1) is 25.1. The molecular formula is C28H26N2O5S. The van der Waals surface area contributed by atoms with Gasteiger partial charge < -0.3 is 14.8 Å². The van der Waals surface area contributed by atoms with Gasteiger partial charge in [-0.15, -0.1) is 0 Å². The molecule has 3 aromatic carbocycles. The number of imide groups is 1. The fourth-order valence-electron chi connectivity index (χ4n) is 3.64. The predicted octanol–water partition coefficient (Wildman–Crippen LogP) is 5.57. The Morgan fingerprint density at radius 1 is 1.00 bits per heavy atom. The van der Waals surface area contributed by atoms with Crippen LogP contribution in [-0.2, 0) is 16.2 Å². The van der Waals surface area contributed by atoms with Crippen molar-refractivity contribution in [3.8, 4) is 11.5 Å². The summed E-state index contributed by atoms with van der Waals surface area (Å²) in [7, 11) is 1.54. The Balaban J connectivity index is 1.43. The van der Waals surface area contributed by atoms with E-state index in [4.69, 9.17) is 9.47 Å². The number of ether oxygens (including phenoxy) is 2. The van der Waals surface area contributed by atoms with Crippen LogP contribution in [0.25, 0.3) is 6.08 Å². The van der Waals surface area contributed by atoms with Crippen LogP contribution in [0.1, 0.15) is 22.3 Å². The van der Waals surface area contributed by atoms with Gasteiger partial charge in [-0.2, -0.15) is 0 Å². The van der Waals surface area contributed by atoms with Crippen LogP contribution >= 0.6 is 11.8 Å². The standard InChI is InChI=1S/C28H26N2O5S/c1-18-8-7-11-22(19(18)2)29-26(31)16-30-27(32)25(36-28(30)33)15-21-12-13-23(24(14-21)34-3)35-17-20-9-5-4-6-10-20/h4-15H,16-17H2,1-3H3,(H,29,31)/b25-15+. The predicted molar refractivity (Wildman–Crippen MR) is 141 cm³/mol. The van der Waals surface area contributed by atoms with Gasteiger partial charge in [0.15, 0.2) is 11.5 Å². The Morgan fingerprint density at radius 2 is 1.78 bits per heavy atom. The molecule has 36 heavy (non-hydrogen) atoms.